The maximum absolute atomic E-state index is 13.0. The van der Waals surface area contributed by atoms with Gasteiger partial charge in [0.15, 0.2) is 11.5 Å². The standard InChI is InChI=1S/C21H24N2O4/c1-14-6-4-5-7-16(14)20-21(25)22-10-11-23(20)19(24)13-15-8-9-17(26-2)18(12-15)27-3/h4-9,12,20H,10-11,13H2,1-3H3,(H,22,25). The van der Waals surface area contributed by atoms with E-state index in [1.54, 1.807) is 31.3 Å². The molecular formula is C21H24N2O4. The summed E-state index contributed by atoms with van der Waals surface area (Å²) in [6.07, 6.45) is 0.190. The molecule has 2 aromatic carbocycles. The van der Waals surface area contributed by atoms with Gasteiger partial charge in [0, 0.05) is 13.1 Å². The molecule has 1 unspecified atom stereocenters. The highest BCUT2D eigenvalue weighted by atomic mass is 16.5. The summed E-state index contributed by atoms with van der Waals surface area (Å²) in [5.41, 5.74) is 2.66. The van der Waals surface area contributed by atoms with E-state index < -0.39 is 6.04 Å². The molecule has 142 valence electrons. The molecule has 1 fully saturated rings. The molecule has 3 rings (SSSR count). The van der Waals surface area contributed by atoms with Crippen LogP contribution in [0.15, 0.2) is 42.5 Å². The maximum Gasteiger partial charge on any atom is 0.247 e. The number of hydrogen-bond acceptors (Lipinski definition) is 4. The van der Waals surface area contributed by atoms with Gasteiger partial charge in [-0.1, -0.05) is 30.3 Å². The van der Waals surface area contributed by atoms with Gasteiger partial charge in [0.05, 0.1) is 20.6 Å². The summed E-state index contributed by atoms with van der Waals surface area (Å²) in [5.74, 6) is 0.958. The Morgan fingerprint density at radius 3 is 2.59 bits per heavy atom. The number of hydrogen-bond donors (Lipinski definition) is 1. The van der Waals surface area contributed by atoms with Crippen molar-refractivity contribution in [2.45, 2.75) is 19.4 Å². The molecule has 2 amide bonds. The van der Waals surface area contributed by atoms with E-state index >= 15 is 0 Å². The van der Waals surface area contributed by atoms with Crippen LogP contribution >= 0.6 is 0 Å². The topological polar surface area (TPSA) is 67.9 Å². The third-order valence-electron chi connectivity index (χ3n) is 4.82. The number of amides is 2. The van der Waals surface area contributed by atoms with Crippen molar-refractivity contribution in [3.63, 3.8) is 0 Å². The average molecular weight is 368 g/mol. The number of piperazine rings is 1. The van der Waals surface area contributed by atoms with Gasteiger partial charge in [-0.25, -0.2) is 0 Å². The van der Waals surface area contributed by atoms with Crippen LogP contribution in [0.1, 0.15) is 22.7 Å². The minimum atomic E-state index is -0.604. The second kappa shape index (κ2) is 8.12. The number of carbonyl (C=O) groups excluding carboxylic acids is 2. The van der Waals surface area contributed by atoms with E-state index in [1.165, 1.54) is 0 Å². The van der Waals surface area contributed by atoms with Crippen molar-refractivity contribution in [2.75, 3.05) is 27.3 Å². The number of aryl methyl sites for hydroxylation is 1. The first kappa shape index (κ1) is 18.8. The lowest BCUT2D eigenvalue weighted by Gasteiger charge is -2.36. The quantitative estimate of drug-likeness (QED) is 0.879. The summed E-state index contributed by atoms with van der Waals surface area (Å²) < 4.78 is 10.6. The van der Waals surface area contributed by atoms with Crippen LogP contribution in [0.2, 0.25) is 0 Å². The Labute approximate surface area is 159 Å². The Balaban J connectivity index is 1.86. The third-order valence-corrected chi connectivity index (χ3v) is 4.82. The number of rotatable bonds is 5. The van der Waals surface area contributed by atoms with Gasteiger partial charge in [0.2, 0.25) is 11.8 Å². The molecule has 0 spiro atoms. The van der Waals surface area contributed by atoms with Gasteiger partial charge in [0.25, 0.3) is 0 Å². The number of benzene rings is 2. The highest BCUT2D eigenvalue weighted by molar-refractivity contribution is 5.90. The van der Waals surface area contributed by atoms with E-state index in [0.29, 0.717) is 24.6 Å². The average Bonchev–Trinajstić information content (AvgIpc) is 2.68. The number of ether oxygens (including phenoxy) is 2. The van der Waals surface area contributed by atoms with Crippen molar-refractivity contribution >= 4 is 11.8 Å². The summed E-state index contributed by atoms with van der Waals surface area (Å²) in [6.45, 7) is 2.89. The molecule has 0 saturated carbocycles. The predicted octanol–water partition coefficient (Wildman–Crippen LogP) is 2.25. The van der Waals surface area contributed by atoms with E-state index in [0.717, 1.165) is 16.7 Å². The van der Waals surface area contributed by atoms with Gasteiger partial charge in [-0.3, -0.25) is 9.59 Å². The molecule has 1 atom stereocenters. The summed E-state index contributed by atoms with van der Waals surface area (Å²) in [5, 5.41) is 2.87. The van der Waals surface area contributed by atoms with Crippen molar-refractivity contribution in [1.29, 1.82) is 0 Å². The van der Waals surface area contributed by atoms with E-state index in [1.807, 2.05) is 37.3 Å². The number of methoxy groups -OCH3 is 2. The monoisotopic (exact) mass is 368 g/mol. The number of carbonyl (C=O) groups is 2. The van der Waals surface area contributed by atoms with E-state index in [9.17, 15) is 9.59 Å². The maximum atomic E-state index is 13.0. The Hall–Kier alpha value is -3.02. The van der Waals surface area contributed by atoms with Crippen LogP contribution in [0.3, 0.4) is 0 Å². The number of nitrogens with zero attached hydrogens (tertiary/aromatic N) is 1. The molecule has 1 aliphatic heterocycles. The van der Waals surface area contributed by atoms with Gasteiger partial charge in [-0.2, -0.15) is 0 Å². The molecule has 0 radical (unpaired) electrons. The van der Waals surface area contributed by atoms with E-state index in [4.69, 9.17) is 9.47 Å². The SMILES string of the molecule is COc1ccc(CC(=O)N2CCNC(=O)C2c2ccccc2C)cc1OC. The van der Waals surface area contributed by atoms with Crippen LogP contribution in [0.5, 0.6) is 11.5 Å². The van der Waals surface area contributed by atoms with Crippen LogP contribution in [0.25, 0.3) is 0 Å². The summed E-state index contributed by atoms with van der Waals surface area (Å²) in [4.78, 5) is 27.3. The normalized spacial score (nSPS) is 16.6. The van der Waals surface area contributed by atoms with Gasteiger partial charge < -0.3 is 19.7 Å². The lowest BCUT2D eigenvalue weighted by atomic mass is 9.97. The molecule has 0 bridgehead atoms. The van der Waals surface area contributed by atoms with Crippen LogP contribution in [-0.4, -0.2) is 44.0 Å². The minimum absolute atomic E-state index is 0.0923. The lowest BCUT2D eigenvalue weighted by Crippen LogP contribution is -2.52. The fraction of sp³-hybridized carbons (Fsp3) is 0.333. The van der Waals surface area contributed by atoms with Crippen molar-refractivity contribution in [1.82, 2.24) is 10.2 Å². The summed E-state index contributed by atoms with van der Waals surface area (Å²) >= 11 is 0. The lowest BCUT2D eigenvalue weighted by molar-refractivity contribution is -0.143. The Bertz CT molecular complexity index is 850. The summed E-state index contributed by atoms with van der Waals surface area (Å²) in [7, 11) is 3.13. The molecule has 27 heavy (non-hydrogen) atoms. The van der Waals surface area contributed by atoms with Crippen LogP contribution < -0.4 is 14.8 Å². The zero-order valence-electron chi connectivity index (χ0n) is 15.8. The number of nitrogens with one attached hydrogen (secondary N) is 1. The Kier molecular flexibility index (Phi) is 5.64. The second-order valence-corrected chi connectivity index (χ2v) is 6.50. The molecule has 2 aromatic rings. The van der Waals surface area contributed by atoms with E-state index in [-0.39, 0.29) is 18.2 Å². The first-order valence-electron chi connectivity index (χ1n) is 8.88. The predicted molar refractivity (Wildman–Crippen MR) is 102 cm³/mol. The molecule has 0 aliphatic carbocycles. The second-order valence-electron chi connectivity index (χ2n) is 6.50. The Morgan fingerprint density at radius 2 is 1.89 bits per heavy atom. The zero-order valence-corrected chi connectivity index (χ0v) is 15.8. The van der Waals surface area contributed by atoms with E-state index in [2.05, 4.69) is 5.32 Å². The van der Waals surface area contributed by atoms with Crippen LogP contribution in [0.4, 0.5) is 0 Å². The zero-order chi connectivity index (χ0) is 19.4. The molecule has 6 heteroatoms. The first-order valence-corrected chi connectivity index (χ1v) is 8.88. The van der Waals surface area contributed by atoms with Gasteiger partial charge in [-0.15, -0.1) is 0 Å². The third kappa shape index (κ3) is 3.89. The molecular weight excluding hydrogens is 344 g/mol. The minimum Gasteiger partial charge on any atom is -0.493 e. The fourth-order valence-corrected chi connectivity index (χ4v) is 3.41. The van der Waals surface area contributed by atoms with Gasteiger partial charge >= 0.3 is 0 Å². The van der Waals surface area contributed by atoms with Crippen LogP contribution in [-0.2, 0) is 16.0 Å². The highest BCUT2D eigenvalue weighted by Crippen LogP contribution is 2.30. The van der Waals surface area contributed by atoms with Crippen molar-refractivity contribution in [3.8, 4) is 11.5 Å². The molecule has 1 saturated heterocycles. The molecule has 1 N–H and O–H groups in total. The summed E-state index contributed by atoms with van der Waals surface area (Å²) in [6, 6.07) is 12.5. The smallest absolute Gasteiger partial charge is 0.247 e. The largest absolute Gasteiger partial charge is 0.493 e. The highest BCUT2D eigenvalue weighted by Gasteiger charge is 2.34. The fourth-order valence-electron chi connectivity index (χ4n) is 3.41. The first-order chi connectivity index (χ1) is 13.0. The van der Waals surface area contributed by atoms with Crippen molar-refractivity contribution in [2.24, 2.45) is 0 Å². The van der Waals surface area contributed by atoms with Gasteiger partial charge in [0.1, 0.15) is 6.04 Å². The molecule has 1 heterocycles. The van der Waals surface area contributed by atoms with Crippen molar-refractivity contribution in [3.05, 3.63) is 59.2 Å². The molecule has 0 aromatic heterocycles. The van der Waals surface area contributed by atoms with Crippen molar-refractivity contribution < 1.29 is 19.1 Å². The molecule has 1 aliphatic rings. The van der Waals surface area contributed by atoms with Crippen LogP contribution in [0, 0.1) is 6.92 Å². The molecule has 6 nitrogen and oxygen atoms in total. The van der Waals surface area contributed by atoms with Gasteiger partial charge in [-0.05, 0) is 35.7 Å². The Morgan fingerprint density at radius 1 is 1.15 bits per heavy atom.